The highest BCUT2D eigenvalue weighted by Gasteiger charge is 2.12. The fraction of sp³-hybridized carbons (Fsp3) is 0.300. The van der Waals surface area contributed by atoms with Gasteiger partial charge in [0, 0.05) is 5.69 Å². The summed E-state index contributed by atoms with van der Waals surface area (Å²) in [6.07, 6.45) is 0. The predicted molar refractivity (Wildman–Crippen MR) is 106 cm³/mol. The maximum Gasteiger partial charge on any atom is 0.338 e. The Hall–Kier alpha value is -2.40. The van der Waals surface area contributed by atoms with E-state index in [-0.39, 0.29) is 12.0 Å². The van der Waals surface area contributed by atoms with Gasteiger partial charge in [-0.3, -0.25) is 0 Å². The van der Waals surface area contributed by atoms with Crippen LogP contribution in [0.4, 0.5) is 5.69 Å². The van der Waals surface area contributed by atoms with Gasteiger partial charge in [-0.05, 0) is 74.8 Å². The minimum atomic E-state index is -0.314. The highest BCUT2D eigenvalue weighted by Crippen LogP contribution is 2.19. The lowest BCUT2D eigenvalue weighted by Crippen LogP contribution is -2.31. The minimum absolute atomic E-state index is 0.0975. The van der Waals surface area contributed by atoms with Gasteiger partial charge in [0.2, 0.25) is 0 Å². The Bertz CT molecular complexity index is 774. The van der Waals surface area contributed by atoms with E-state index in [9.17, 15) is 4.79 Å². The van der Waals surface area contributed by atoms with Crippen LogP contribution in [-0.4, -0.2) is 17.7 Å². The molecule has 0 aliphatic heterocycles. The van der Waals surface area contributed by atoms with Gasteiger partial charge in [-0.15, -0.1) is 0 Å². The van der Waals surface area contributed by atoms with Gasteiger partial charge < -0.3 is 15.4 Å². The molecule has 0 bridgehead atoms. The number of hydrogen-bond donors (Lipinski definition) is 2. The van der Waals surface area contributed by atoms with Crippen LogP contribution in [0.5, 0.6) is 0 Å². The first-order chi connectivity index (χ1) is 11.9. The fourth-order valence-electron chi connectivity index (χ4n) is 2.65. The Morgan fingerprint density at radius 3 is 2.52 bits per heavy atom. The summed E-state index contributed by atoms with van der Waals surface area (Å²) in [5.41, 5.74) is 4.76. The van der Waals surface area contributed by atoms with Crippen LogP contribution in [0, 0.1) is 13.8 Å². The second kappa shape index (κ2) is 8.62. The zero-order valence-electron chi connectivity index (χ0n) is 15.1. The molecule has 0 heterocycles. The molecule has 0 saturated carbocycles. The molecule has 2 rings (SSSR count). The summed E-state index contributed by atoms with van der Waals surface area (Å²) in [6, 6.07) is 13.7. The van der Waals surface area contributed by atoms with Crippen LogP contribution in [-0.2, 0) is 4.74 Å². The van der Waals surface area contributed by atoms with E-state index in [0.717, 1.165) is 11.3 Å². The van der Waals surface area contributed by atoms with E-state index >= 15 is 0 Å². The number of rotatable bonds is 5. The molecule has 0 amide bonds. The van der Waals surface area contributed by atoms with Crippen molar-refractivity contribution in [3.8, 4) is 0 Å². The zero-order valence-corrected chi connectivity index (χ0v) is 15.9. The predicted octanol–water partition coefficient (Wildman–Crippen LogP) is 4.53. The monoisotopic (exact) mass is 356 g/mol. The molecule has 0 aliphatic rings. The Morgan fingerprint density at radius 2 is 1.88 bits per heavy atom. The number of ether oxygens (including phenoxy) is 1. The van der Waals surface area contributed by atoms with Crippen molar-refractivity contribution in [1.82, 2.24) is 5.32 Å². The molecule has 0 spiro atoms. The SMILES string of the molecule is CCOC(=O)c1ccc(NC(=S)NC(C)c2ccccc2C)c(C)c1. The van der Waals surface area contributed by atoms with E-state index < -0.39 is 0 Å². The summed E-state index contributed by atoms with van der Waals surface area (Å²) >= 11 is 5.43. The normalized spacial score (nSPS) is 11.5. The number of esters is 1. The molecule has 4 nitrogen and oxygen atoms in total. The van der Waals surface area contributed by atoms with Crippen molar-refractivity contribution in [1.29, 1.82) is 0 Å². The lowest BCUT2D eigenvalue weighted by Gasteiger charge is -2.20. The van der Waals surface area contributed by atoms with Crippen LogP contribution in [0.1, 0.15) is 46.9 Å². The molecule has 1 unspecified atom stereocenters. The fourth-order valence-corrected chi connectivity index (χ4v) is 2.94. The first kappa shape index (κ1) is 18.9. The van der Waals surface area contributed by atoms with Crippen LogP contribution < -0.4 is 10.6 Å². The van der Waals surface area contributed by atoms with E-state index in [2.05, 4.69) is 36.6 Å². The van der Waals surface area contributed by atoms with Gasteiger partial charge in [0.1, 0.15) is 0 Å². The number of benzene rings is 2. The number of nitrogens with one attached hydrogen (secondary N) is 2. The highest BCUT2D eigenvalue weighted by atomic mass is 32.1. The van der Waals surface area contributed by atoms with E-state index in [1.807, 2.05) is 25.1 Å². The van der Waals surface area contributed by atoms with E-state index in [1.165, 1.54) is 11.1 Å². The van der Waals surface area contributed by atoms with Crippen molar-refractivity contribution in [2.24, 2.45) is 0 Å². The van der Waals surface area contributed by atoms with Gasteiger partial charge in [-0.25, -0.2) is 4.79 Å². The topological polar surface area (TPSA) is 50.4 Å². The first-order valence-electron chi connectivity index (χ1n) is 8.33. The third-order valence-electron chi connectivity index (χ3n) is 3.99. The van der Waals surface area contributed by atoms with Gasteiger partial charge in [0.15, 0.2) is 5.11 Å². The molecule has 2 aromatic carbocycles. The molecule has 0 fully saturated rings. The third kappa shape index (κ3) is 5.03. The summed E-state index contributed by atoms with van der Waals surface area (Å²) in [5.74, 6) is -0.314. The van der Waals surface area contributed by atoms with Crippen molar-refractivity contribution < 1.29 is 9.53 Å². The largest absolute Gasteiger partial charge is 0.462 e. The molecule has 2 N–H and O–H groups in total. The Morgan fingerprint density at radius 1 is 1.16 bits per heavy atom. The summed E-state index contributed by atoms with van der Waals surface area (Å²) in [5, 5.41) is 7.04. The highest BCUT2D eigenvalue weighted by molar-refractivity contribution is 7.80. The van der Waals surface area contributed by atoms with Crippen LogP contribution >= 0.6 is 12.2 Å². The van der Waals surface area contributed by atoms with Gasteiger partial charge in [0.25, 0.3) is 0 Å². The second-order valence-electron chi connectivity index (χ2n) is 5.93. The number of carbonyl (C=O) groups excluding carboxylic acids is 1. The van der Waals surface area contributed by atoms with Crippen LogP contribution in [0.25, 0.3) is 0 Å². The van der Waals surface area contributed by atoms with Crippen molar-refractivity contribution in [3.63, 3.8) is 0 Å². The summed E-state index contributed by atoms with van der Waals surface area (Å²) < 4.78 is 5.02. The Balaban J connectivity index is 2.03. The maximum absolute atomic E-state index is 11.8. The first-order valence-corrected chi connectivity index (χ1v) is 8.74. The number of carbonyl (C=O) groups is 1. The number of thiocarbonyl (C=S) groups is 1. The van der Waals surface area contributed by atoms with Crippen LogP contribution in [0.3, 0.4) is 0 Å². The molecule has 5 heteroatoms. The van der Waals surface area contributed by atoms with E-state index in [0.29, 0.717) is 17.3 Å². The zero-order chi connectivity index (χ0) is 18.4. The molecule has 0 aromatic heterocycles. The van der Waals surface area contributed by atoms with E-state index in [1.54, 1.807) is 19.1 Å². The Labute approximate surface area is 154 Å². The van der Waals surface area contributed by atoms with Gasteiger partial charge in [-0.1, -0.05) is 24.3 Å². The average Bonchev–Trinajstić information content (AvgIpc) is 2.57. The average molecular weight is 356 g/mol. The number of anilines is 1. The molecule has 0 saturated heterocycles. The maximum atomic E-state index is 11.8. The van der Waals surface area contributed by atoms with Gasteiger partial charge >= 0.3 is 5.97 Å². The molecular formula is C20H24N2O2S. The van der Waals surface area contributed by atoms with E-state index in [4.69, 9.17) is 17.0 Å². The molecule has 25 heavy (non-hydrogen) atoms. The molecule has 0 radical (unpaired) electrons. The molecule has 132 valence electrons. The van der Waals surface area contributed by atoms with Crippen molar-refractivity contribution in [2.45, 2.75) is 33.7 Å². The molecular weight excluding hydrogens is 332 g/mol. The van der Waals surface area contributed by atoms with Crippen LogP contribution in [0.15, 0.2) is 42.5 Å². The lowest BCUT2D eigenvalue weighted by atomic mass is 10.0. The standard InChI is InChI=1S/C20H24N2O2S/c1-5-24-19(23)16-10-11-18(14(3)12-16)22-20(25)21-15(4)17-9-7-6-8-13(17)2/h6-12,15H,5H2,1-4H3,(H2,21,22,25). The van der Waals surface area contributed by atoms with Gasteiger partial charge in [0.05, 0.1) is 18.2 Å². The summed E-state index contributed by atoms with van der Waals surface area (Å²) in [7, 11) is 0. The van der Waals surface area contributed by atoms with Crippen LogP contribution in [0.2, 0.25) is 0 Å². The summed E-state index contributed by atoms with van der Waals surface area (Å²) in [4.78, 5) is 11.8. The quantitative estimate of drug-likeness (QED) is 0.609. The number of hydrogen-bond acceptors (Lipinski definition) is 3. The molecule has 0 aliphatic carbocycles. The summed E-state index contributed by atoms with van der Waals surface area (Å²) in [6.45, 7) is 8.25. The molecule has 1 atom stereocenters. The molecule has 2 aromatic rings. The van der Waals surface area contributed by atoms with Crippen molar-refractivity contribution in [2.75, 3.05) is 11.9 Å². The second-order valence-corrected chi connectivity index (χ2v) is 6.34. The number of aryl methyl sites for hydroxylation is 2. The van der Waals surface area contributed by atoms with Gasteiger partial charge in [-0.2, -0.15) is 0 Å². The smallest absolute Gasteiger partial charge is 0.338 e. The Kier molecular flexibility index (Phi) is 6.53. The lowest BCUT2D eigenvalue weighted by molar-refractivity contribution is 0.0526. The minimum Gasteiger partial charge on any atom is -0.462 e. The van der Waals surface area contributed by atoms with Crippen molar-refractivity contribution in [3.05, 3.63) is 64.7 Å². The van der Waals surface area contributed by atoms with Crippen molar-refractivity contribution >= 4 is 29.0 Å². The third-order valence-corrected chi connectivity index (χ3v) is 4.21.